The number of nitrogens with two attached hydrogens (primary N) is 1. The Labute approximate surface area is 99.3 Å². The van der Waals surface area contributed by atoms with Crippen LogP contribution in [0, 0.1) is 6.92 Å². The molecule has 0 aromatic carbocycles. The quantitative estimate of drug-likeness (QED) is 0.822. The van der Waals surface area contributed by atoms with E-state index in [1.807, 2.05) is 18.2 Å². The first-order chi connectivity index (χ1) is 8.18. The SMILES string of the molecule is Cc1ncoc1C(O)C(N)Cc1ccccn1. The fourth-order valence-corrected chi connectivity index (χ4v) is 1.66. The Hall–Kier alpha value is -1.72. The molecule has 2 aromatic heterocycles. The number of hydrogen-bond acceptors (Lipinski definition) is 5. The molecule has 0 aliphatic rings. The maximum absolute atomic E-state index is 10.0. The van der Waals surface area contributed by atoms with Gasteiger partial charge in [-0.15, -0.1) is 0 Å². The van der Waals surface area contributed by atoms with Crippen molar-refractivity contribution in [2.45, 2.75) is 25.5 Å². The zero-order valence-electron chi connectivity index (χ0n) is 9.58. The lowest BCUT2D eigenvalue weighted by Gasteiger charge is -2.16. The number of aliphatic hydroxyl groups is 1. The van der Waals surface area contributed by atoms with Gasteiger partial charge in [-0.1, -0.05) is 6.07 Å². The summed E-state index contributed by atoms with van der Waals surface area (Å²) in [5.74, 6) is 0.424. The molecule has 5 heteroatoms. The third-order valence-corrected chi connectivity index (χ3v) is 2.63. The van der Waals surface area contributed by atoms with E-state index in [4.69, 9.17) is 10.2 Å². The molecule has 2 heterocycles. The van der Waals surface area contributed by atoms with Gasteiger partial charge in [0.05, 0.1) is 5.69 Å². The highest BCUT2D eigenvalue weighted by molar-refractivity contribution is 5.12. The highest BCUT2D eigenvalue weighted by Gasteiger charge is 2.22. The van der Waals surface area contributed by atoms with Gasteiger partial charge in [0.25, 0.3) is 0 Å². The van der Waals surface area contributed by atoms with Crippen LogP contribution in [0.2, 0.25) is 0 Å². The van der Waals surface area contributed by atoms with E-state index in [2.05, 4.69) is 9.97 Å². The standard InChI is InChI=1S/C12H15N3O2/c1-8-12(17-7-15-8)11(16)10(13)6-9-4-2-3-5-14-9/h2-5,7,10-11,16H,6,13H2,1H3. The molecule has 0 bridgehead atoms. The minimum absolute atomic E-state index is 0.424. The Balaban J connectivity index is 2.06. The molecule has 90 valence electrons. The summed E-state index contributed by atoms with van der Waals surface area (Å²) >= 11 is 0. The second-order valence-corrected chi connectivity index (χ2v) is 3.94. The fourth-order valence-electron chi connectivity index (χ4n) is 1.66. The van der Waals surface area contributed by atoms with Crippen LogP contribution in [-0.2, 0) is 6.42 Å². The molecule has 0 radical (unpaired) electrons. The Morgan fingerprint density at radius 1 is 1.41 bits per heavy atom. The van der Waals surface area contributed by atoms with Crippen LogP contribution in [0.3, 0.4) is 0 Å². The second-order valence-electron chi connectivity index (χ2n) is 3.94. The number of hydrogen-bond donors (Lipinski definition) is 2. The molecule has 0 aliphatic heterocycles. The highest BCUT2D eigenvalue weighted by atomic mass is 16.4. The van der Waals surface area contributed by atoms with E-state index in [1.165, 1.54) is 6.39 Å². The monoisotopic (exact) mass is 233 g/mol. The average Bonchev–Trinajstić information content (AvgIpc) is 2.76. The van der Waals surface area contributed by atoms with Gasteiger partial charge in [0.1, 0.15) is 6.10 Å². The van der Waals surface area contributed by atoms with Crippen LogP contribution in [0.25, 0.3) is 0 Å². The second kappa shape index (κ2) is 5.07. The fraction of sp³-hybridized carbons (Fsp3) is 0.333. The van der Waals surface area contributed by atoms with Crippen molar-refractivity contribution in [3.05, 3.63) is 47.9 Å². The normalized spacial score (nSPS) is 14.5. The first-order valence-corrected chi connectivity index (χ1v) is 5.42. The third kappa shape index (κ3) is 2.69. The number of nitrogens with zero attached hydrogens (tertiary/aromatic N) is 2. The van der Waals surface area contributed by atoms with Gasteiger partial charge in [-0.25, -0.2) is 4.98 Å². The van der Waals surface area contributed by atoms with E-state index in [0.29, 0.717) is 17.9 Å². The Bertz CT molecular complexity index is 470. The van der Waals surface area contributed by atoms with E-state index in [1.54, 1.807) is 13.1 Å². The minimum Gasteiger partial charge on any atom is -0.445 e. The zero-order valence-corrected chi connectivity index (χ0v) is 9.58. The van der Waals surface area contributed by atoms with Gasteiger partial charge in [-0.2, -0.15) is 0 Å². The van der Waals surface area contributed by atoms with Crippen molar-refractivity contribution in [3.63, 3.8) is 0 Å². The predicted octanol–water partition coefficient (Wildman–Crippen LogP) is 0.981. The molecule has 2 unspecified atom stereocenters. The molecule has 3 N–H and O–H groups in total. The molecule has 0 spiro atoms. The number of aromatic nitrogens is 2. The molecule has 0 saturated carbocycles. The van der Waals surface area contributed by atoms with Crippen molar-refractivity contribution in [2.75, 3.05) is 0 Å². The number of aryl methyl sites for hydroxylation is 1. The summed E-state index contributed by atoms with van der Waals surface area (Å²) in [6.45, 7) is 1.77. The molecule has 0 saturated heterocycles. The molecule has 17 heavy (non-hydrogen) atoms. The molecular weight excluding hydrogens is 218 g/mol. The predicted molar refractivity (Wildman–Crippen MR) is 62.1 cm³/mol. The van der Waals surface area contributed by atoms with Gasteiger partial charge in [0, 0.05) is 24.4 Å². The molecule has 2 rings (SSSR count). The number of rotatable bonds is 4. The van der Waals surface area contributed by atoms with Crippen molar-refractivity contribution in [2.24, 2.45) is 5.73 Å². The van der Waals surface area contributed by atoms with Gasteiger partial charge < -0.3 is 15.3 Å². The maximum Gasteiger partial charge on any atom is 0.181 e. The number of aliphatic hydroxyl groups excluding tert-OH is 1. The van der Waals surface area contributed by atoms with E-state index in [9.17, 15) is 5.11 Å². The van der Waals surface area contributed by atoms with Crippen molar-refractivity contribution in [1.29, 1.82) is 0 Å². The van der Waals surface area contributed by atoms with Gasteiger partial charge in [-0.05, 0) is 19.1 Å². The van der Waals surface area contributed by atoms with Crippen LogP contribution < -0.4 is 5.73 Å². The Kier molecular flexibility index (Phi) is 3.51. The van der Waals surface area contributed by atoms with Crippen LogP contribution in [0.15, 0.2) is 35.2 Å². The molecule has 2 atom stereocenters. The summed E-state index contributed by atoms with van der Waals surface area (Å²) in [7, 11) is 0. The highest BCUT2D eigenvalue weighted by Crippen LogP contribution is 2.20. The summed E-state index contributed by atoms with van der Waals surface area (Å²) in [5, 5.41) is 10.0. The van der Waals surface area contributed by atoms with Crippen LogP contribution >= 0.6 is 0 Å². The molecule has 2 aromatic rings. The van der Waals surface area contributed by atoms with Crippen LogP contribution in [0.4, 0.5) is 0 Å². The number of pyridine rings is 1. The van der Waals surface area contributed by atoms with E-state index in [0.717, 1.165) is 5.69 Å². The minimum atomic E-state index is -0.862. The zero-order chi connectivity index (χ0) is 12.3. The Morgan fingerprint density at radius 3 is 2.82 bits per heavy atom. The van der Waals surface area contributed by atoms with Crippen molar-refractivity contribution < 1.29 is 9.52 Å². The van der Waals surface area contributed by atoms with Crippen molar-refractivity contribution >= 4 is 0 Å². The lowest BCUT2D eigenvalue weighted by Crippen LogP contribution is -2.31. The maximum atomic E-state index is 10.0. The molecule has 0 aliphatic carbocycles. The third-order valence-electron chi connectivity index (χ3n) is 2.63. The van der Waals surface area contributed by atoms with Gasteiger partial charge in [0.2, 0.25) is 0 Å². The lowest BCUT2D eigenvalue weighted by atomic mass is 10.0. The first-order valence-electron chi connectivity index (χ1n) is 5.42. The van der Waals surface area contributed by atoms with Crippen LogP contribution in [0.5, 0.6) is 0 Å². The summed E-state index contributed by atoms with van der Waals surface area (Å²) in [4.78, 5) is 8.10. The topological polar surface area (TPSA) is 85.2 Å². The number of oxazole rings is 1. The molecule has 5 nitrogen and oxygen atoms in total. The lowest BCUT2D eigenvalue weighted by molar-refractivity contribution is 0.119. The Morgan fingerprint density at radius 2 is 2.24 bits per heavy atom. The van der Waals surface area contributed by atoms with Crippen LogP contribution in [0.1, 0.15) is 23.3 Å². The van der Waals surface area contributed by atoms with Gasteiger partial charge >= 0.3 is 0 Å². The smallest absolute Gasteiger partial charge is 0.181 e. The van der Waals surface area contributed by atoms with Gasteiger partial charge in [0.15, 0.2) is 12.2 Å². The first kappa shape index (κ1) is 11.8. The summed E-state index contributed by atoms with van der Waals surface area (Å²) < 4.78 is 5.12. The van der Waals surface area contributed by atoms with E-state index in [-0.39, 0.29) is 0 Å². The van der Waals surface area contributed by atoms with Crippen LogP contribution in [-0.4, -0.2) is 21.1 Å². The van der Waals surface area contributed by atoms with E-state index >= 15 is 0 Å². The van der Waals surface area contributed by atoms with Gasteiger partial charge in [-0.3, -0.25) is 4.98 Å². The van der Waals surface area contributed by atoms with Crippen molar-refractivity contribution in [3.8, 4) is 0 Å². The summed E-state index contributed by atoms with van der Waals surface area (Å²) in [5.41, 5.74) is 7.44. The van der Waals surface area contributed by atoms with Crippen molar-refractivity contribution in [1.82, 2.24) is 9.97 Å². The largest absolute Gasteiger partial charge is 0.445 e. The summed E-state index contributed by atoms with van der Waals surface area (Å²) in [6.07, 6.45) is 2.64. The molecular formula is C12H15N3O2. The molecule has 0 amide bonds. The summed E-state index contributed by atoms with van der Waals surface area (Å²) in [6, 6.07) is 5.14. The molecule has 0 fully saturated rings. The average molecular weight is 233 g/mol. The van der Waals surface area contributed by atoms with E-state index < -0.39 is 12.1 Å².